The third-order valence-corrected chi connectivity index (χ3v) is 5.48. The van der Waals surface area contributed by atoms with Crippen LogP contribution in [-0.4, -0.2) is 38.0 Å². The van der Waals surface area contributed by atoms with E-state index in [0.717, 1.165) is 31.3 Å². The third-order valence-electron chi connectivity index (χ3n) is 4.64. The second-order valence-corrected chi connectivity index (χ2v) is 7.23. The topological polar surface area (TPSA) is 50.5 Å². The standard InChI is InChI=1S/C19H20N4OS/c24-19(17-13-21-23-11-9-20-14-18(17)23)22-10-3-1-2-5-15(22)7-8-16-6-4-12-25-16/h4,6-9,11-15H,1-3,5,10H2/b8-7+. The van der Waals surface area contributed by atoms with Crippen LogP contribution in [0.15, 0.2) is 48.4 Å². The van der Waals surface area contributed by atoms with Crippen molar-refractivity contribution in [3.8, 4) is 0 Å². The quantitative estimate of drug-likeness (QED) is 0.718. The van der Waals surface area contributed by atoms with Crippen LogP contribution in [0.5, 0.6) is 0 Å². The number of hydrogen-bond donors (Lipinski definition) is 0. The minimum Gasteiger partial charge on any atom is -0.332 e. The molecule has 1 aliphatic rings. The van der Waals surface area contributed by atoms with Crippen molar-refractivity contribution in [1.82, 2.24) is 19.5 Å². The van der Waals surface area contributed by atoms with Crippen LogP contribution in [0.1, 0.15) is 40.9 Å². The van der Waals surface area contributed by atoms with Crippen LogP contribution >= 0.6 is 11.3 Å². The first-order valence-corrected chi connectivity index (χ1v) is 9.51. The number of hydrogen-bond acceptors (Lipinski definition) is 4. The van der Waals surface area contributed by atoms with E-state index in [2.05, 4.69) is 33.7 Å². The normalized spacial score (nSPS) is 18.7. The molecule has 5 nitrogen and oxygen atoms in total. The molecule has 0 bridgehead atoms. The average molecular weight is 352 g/mol. The molecule has 1 atom stereocenters. The van der Waals surface area contributed by atoms with Crippen molar-refractivity contribution in [2.24, 2.45) is 0 Å². The molecule has 4 heterocycles. The summed E-state index contributed by atoms with van der Waals surface area (Å²) in [6, 6.07) is 4.27. The monoisotopic (exact) mass is 352 g/mol. The summed E-state index contributed by atoms with van der Waals surface area (Å²) in [6.45, 7) is 0.788. The Morgan fingerprint density at radius 2 is 2.24 bits per heavy atom. The summed E-state index contributed by atoms with van der Waals surface area (Å²) in [7, 11) is 0. The molecule has 1 aliphatic heterocycles. The Hall–Kier alpha value is -2.47. The van der Waals surface area contributed by atoms with Crippen molar-refractivity contribution in [1.29, 1.82) is 0 Å². The van der Waals surface area contributed by atoms with Crippen molar-refractivity contribution >= 4 is 28.8 Å². The van der Waals surface area contributed by atoms with E-state index in [-0.39, 0.29) is 11.9 Å². The zero-order valence-corrected chi connectivity index (χ0v) is 14.7. The van der Waals surface area contributed by atoms with Gasteiger partial charge in [-0.1, -0.05) is 25.0 Å². The Morgan fingerprint density at radius 1 is 1.28 bits per heavy atom. The first kappa shape index (κ1) is 16.0. The van der Waals surface area contributed by atoms with Gasteiger partial charge in [0.15, 0.2) is 0 Å². The summed E-state index contributed by atoms with van der Waals surface area (Å²) < 4.78 is 1.70. The van der Waals surface area contributed by atoms with Crippen LogP contribution in [0.25, 0.3) is 11.6 Å². The Labute approximate surface area is 150 Å². The molecule has 0 saturated carbocycles. The lowest BCUT2D eigenvalue weighted by Crippen LogP contribution is -2.38. The molecule has 1 amide bonds. The number of fused-ring (bicyclic) bond motifs is 1. The molecule has 0 radical (unpaired) electrons. The first-order valence-electron chi connectivity index (χ1n) is 8.63. The van der Waals surface area contributed by atoms with Gasteiger partial charge >= 0.3 is 0 Å². The molecular formula is C19H20N4OS. The molecule has 0 N–H and O–H groups in total. The summed E-state index contributed by atoms with van der Waals surface area (Å²) >= 11 is 1.71. The maximum Gasteiger partial charge on any atom is 0.258 e. The van der Waals surface area contributed by atoms with Crippen molar-refractivity contribution in [3.63, 3.8) is 0 Å². The minimum atomic E-state index is 0.0470. The number of nitrogens with zero attached hydrogens (tertiary/aromatic N) is 4. The SMILES string of the molecule is O=C(c1cnn2ccncc12)N1CCCCCC1/C=C/c1cccs1. The van der Waals surface area contributed by atoms with Crippen molar-refractivity contribution < 1.29 is 4.79 Å². The van der Waals surface area contributed by atoms with E-state index in [1.54, 1.807) is 40.6 Å². The highest BCUT2D eigenvalue weighted by Crippen LogP contribution is 2.23. The van der Waals surface area contributed by atoms with Gasteiger partial charge in [0.05, 0.1) is 29.5 Å². The molecule has 0 aliphatic carbocycles. The lowest BCUT2D eigenvalue weighted by atomic mass is 10.1. The number of rotatable bonds is 3. The number of amides is 1. The maximum atomic E-state index is 13.2. The minimum absolute atomic E-state index is 0.0470. The molecule has 6 heteroatoms. The highest BCUT2D eigenvalue weighted by molar-refractivity contribution is 7.10. The summed E-state index contributed by atoms with van der Waals surface area (Å²) in [6.07, 6.45) is 15.5. The molecular weight excluding hydrogens is 332 g/mol. The van der Waals surface area contributed by atoms with E-state index >= 15 is 0 Å². The van der Waals surface area contributed by atoms with Gasteiger partial charge in [-0.3, -0.25) is 9.78 Å². The van der Waals surface area contributed by atoms with Crippen molar-refractivity contribution in [3.05, 3.63) is 58.8 Å². The van der Waals surface area contributed by atoms with Crippen LogP contribution in [0.3, 0.4) is 0 Å². The van der Waals surface area contributed by atoms with Gasteiger partial charge in [0.25, 0.3) is 5.91 Å². The van der Waals surface area contributed by atoms with E-state index in [4.69, 9.17) is 0 Å². The fraction of sp³-hybridized carbons (Fsp3) is 0.316. The molecule has 4 rings (SSSR count). The van der Waals surface area contributed by atoms with Crippen LogP contribution in [-0.2, 0) is 0 Å². The molecule has 3 aromatic rings. The molecule has 0 spiro atoms. The highest BCUT2D eigenvalue weighted by Gasteiger charge is 2.26. The Balaban J connectivity index is 1.63. The molecule has 25 heavy (non-hydrogen) atoms. The van der Waals surface area contributed by atoms with Crippen LogP contribution in [0, 0.1) is 0 Å². The van der Waals surface area contributed by atoms with Crippen LogP contribution < -0.4 is 0 Å². The van der Waals surface area contributed by atoms with Crippen molar-refractivity contribution in [2.75, 3.05) is 6.54 Å². The molecule has 1 fully saturated rings. The third kappa shape index (κ3) is 3.35. The van der Waals surface area contributed by atoms with Gasteiger partial charge in [0, 0.05) is 23.8 Å². The van der Waals surface area contributed by atoms with E-state index in [1.165, 1.54) is 11.3 Å². The smallest absolute Gasteiger partial charge is 0.258 e. The molecule has 128 valence electrons. The number of carbonyl (C=O) groups excluding carboxylic acids is 1. The van der Waals surface area contributed by atoms with Gasteiger partial charge in [-0.05, 0) is 30.4 Å². The fourth-order valence-electron chi connectivity index (χ4n) is 3.33. The second-order valence-electron chi connectivity index (χ2n) is 6.25. The maximum absolute atomic E-state index is 13.2. The van der Waals surface area contributed by atoms with E-state index in [1.807, 2.05) is 11.0 Å². The Morgan fingerprint density at radius 3 is 3.12 bits per heavy atom. The second kappa shape index (κ2) is 7.19. The average Bonchev–Trinajstić information content (AvgIpc) is 3.25. The summed E-state index contributed by atoms with van der Waals surface area (Å²) in [5.74, 6) is 0.0470. The van der Waals surface area contributed by atoms with Gasteiger partial charge in [0.2, 0.25) is 0 Å². The summed E-state index contributed by atoms with van der Waals surface area (Å²) in [5.41, 5.74) is 1.39. The van der Waals surface area contributed by atoms with E-state index in [0.29, 0.717) is 5.56 Å². The predicted molar refractivity (Wildman–Crippen MR) is 99.6 cm³/mol. The van der Waals surface area contributed by atoms with Crippen molar-refractivity contribution in [2.45, 2.75) is 31.7 Å². The first-order chi connectivity index (χ1) is 12.3. The van der Waals surface area contributed by atoms with Crippen LogP contribution in [0.4, 0.5) is 0 Å². The summed E-state index contributed by atoms with van der Waals surface area (Å²) in [4.78, 5) is 20.6. The Kier molecular flexibility index (Phi) is 4.61. The van der Waals surface area contributed by atoms with Gasteiger partial charge < -0.3 is 4.90 Å². The van der Waals surface area contributed by atoms with E-state index < -0.39 is 0 Å². The molecule has 3 aromatic heterocycles. The zero-order chi connectivity index (χ0) is 17.1. The lowest BCUT2D eigenvalue weighted by Gasteiger charge is -2.27. The van der Waals surface area contributed by atoms with Gasteiger partial charge in [-0.15, -0.1) is 11.3 Å². The zero-order valence-electron chi connectivity index (χ0n) is 13.9. The van der Waals surface area contributed by atoms with Gasteiger partial charge in [-0.25, -0.2) is 4.52 Å². The van der Waals surface area contributed by atoms with Crippen LogP contribution in [0.2, 0.25) is 0 Å². The lowest BCUT2D eigenvalue weighted by molar-refractivity contribution is 0.0720. The highest BCUT2D eigenvalue weighted by atomic mass is 32.1. The number of likely N-dealkylation sites (tertiary alicyclic amines) is 1. The predicted octanol–water partition coefficient (Wildman–Crippen LogP) is 3.89. The number of aromatic nitrogens is 3. The van der Waals surface area contributed by atoms with Gasteiger partial charge in [-0.2, -0.15) is 5.10 Å². The molecule has 0 aromatic carbocycles. The molecule has 1 unspecified atom stereocenters. The van der Waals surface area contributed by atoms with E-state index in [9.17, 15) is 4.79 Å². The molecule has 1 saturated heterocycles. The van der Waals surface area contributed by atoms with Gasteiger partial charge in [0.1, 0.15) is 0 Å². The number of carbonyl (C=O) groups is 1. The largest absolute Gasteiger partial charge is 0.332 e. The summed E-state index contributed by atoms with van der Waals surface area (Å²) in [5, 5.41) is 6.35. The fourth-order valence-corrected chi connectivity index (χ4v) is 3.96. The number of thiophene rings is 1. The Bertz CT molecular complexity index is 884.